The van der Waals surface area contributed by atoms with Gasteiger partial charge in [-0.15, -0.1) is 11.6 Å². The molecule has 0 aromatic heterocycles. The molecule has 0 bridgehead atoms. The molecule has 2 aliphatic carbocycles. The van der Waals surface area contributed by atoms with Gasteiger partial charge in [0.25, 0.3) is 0 Å². The molecule has 0 fully saturated rings. The number of fused-ring (bicyclic) bond motifs is 2. The van der Waals surface area contributed by atoms with E-state index < -0.39 is 20.8 Å². The summed E-state index contributed by atoms with van der Waals surface area (Å²) in [5, 5.41) is 0. The summed E-state index contributed by atoms with van der Waals surface area (Å²) in [6.45, 7) is 9.04. The Morgan fingerprint density at radius 1 is 0.852 bits per heavy atom. The molecule has 2 unspecified atom stereocenters. The summed E-state index contributed by atoms with van der Waals surface area (Å²) in [7, 11) is 9.87. The fourth-order valence-corrected chi connectivity index (χ4v) is 4.29. The van der Waals surface area contributed by atoms with E-state index in [9.17, 15) is 0 Å². The molecule has 0 saturated heterocycles. The molecule has 0 amide bonds. The molecule has 2 aromatic carbocycles. The maximum atomic E-state index is 4.93. The summed E-state index contributed by atoms with van der Waals surface area (Å²) in [5.74, 6) is 1.06. The summed E-state index contributed by atoms with van der Waals surface area (Å²) < 4.78 is 0. The average molecular weight is 476 g/mol. The zero-order valence-electron chi connectivity index (χ0n) is 16.3. The van der Waals surface area contributed by atoms with Gasteiger partial charge in [-0.05, 0) is 36.5 Å². The molecular weight excluding hydrogens is 450 g/mol. The van der Waals surface area contributed by atoms with E-state index in [4.69, 9.17) is 17.0 Å². The molecule has 0 aliphatic heterocycles. The molecule has 0 N–H and O–H groups in total. The van der Waals surface area contributed by atoms with E-state index >= 15 is 0 Å². The monoisotopic (exact) mass is 473 g/mol. The number of hydrogen-bond acceptors (Lipinski definition) is 0. The third-order valence-corrected chi connectivity index (χ3v) is 5.69. The zero-order chi connectivity index (χ0) is 19.6. The second kappa shape index (κ2) is 9.17. The van der Waals surface area contributed by atoms with Crippen molar-refractivity contribution < 1.29 is 20.8 Å². The first-order chi connectivity index (χ1) is 13.0. The fourth-order valence-electron chi connectivity index (χ4n) is 4.29. The molecule has 0 radical (unpaired) electrons. The van der Waals surface area contributed by atoms with Crippen LogP contribution in [0.4, 0.5) is 0 Å². The number of aryl methyl sites for hydroxylation is 2. The van der Waals surface area contributed by atoms with Crippen molar-refractivity contribution in [3.63, 3.8) is 0 Å². The molecule has 0 heterocycles. The van der Waals surface area contributed by atoms with Gasteiger partial charge in [0.2, 0.25) is 0 Å². The van der Waals surface area contributed by atoms with Crippen LogP contribution < -0.4 is 0 Å². The van der Waals surface area contributed by atoms with Crippen LogP contribution in [0.3, 0.4) is 0 Å². The van der Waals surface area contributed by atoms with E-state index in [1.807, 2.05) is 0 Å². The SMILES string of the molecule is Cc1ccc([CH-]Cc2ccc(C)c3c2C(C)C=C3)c2c1C=CC2C.[Cl][Zr][Cl]. The fraction of sp³-hybridized carbons (Fsp3) is 0.292. The Bertz CT molecular complexity index is 822. The summed E-state index contributed by atoms with van der Waals surface area (Å²) in [4.78, 5) is 0. The van der Waals surface area contributed by atoms with Gasteiger partial charge in [-0.25, -0.2) is 0 Å². The number of benzene rings is 2. The predicted molar refractivity (Wildman–Crippen MR) is 116 cm³/mol. The van der Waals surface area contributed by atoms with Gasteiger partial charge >= 0.3 is 37.9 Å². The second-order valence-corrected chi connectivity index (χ2v) is 11.2. The molecule has 3 heteroatoms. The predicted octanol–water partition coefficient (Wildman–Crippen LogP) is 7.74. The van der Waals surface area contributed by atoms with Gasteiger partial charge in [0.1, 0.15) is 0 Å². The third-order valence-electron chi connectivity index (χ3n) is 5.69. The third kappa shape index (κ3) is 4.32. The molecule has 2 atom stereocenters. The first-order valence-corrected chi connectivity index (χ1v) is 15.7. The quantitative estimate of drug-likeness (QED) is 0.398. The second-order valence-electron chi connectivity index (χ2n) is 7.44. The van der Waals surface area contributed by atoms with Crippen molar-refractivity contribution in [2.45, 2.75) is 46.0 Å². The van der Waals surface area contributed by atoms with Gasteiger partial charge in [-0.2, -0.15) is 18.1 Å². The van der Waals surface area contributed by atoms with Crippen molar-refractivity contribution in [2.24, 2.45) is 0 Å². The van der Waals surface area contributed by atoms with Crippen LogP contribution in [0.1, 0.15) is 70.2 Å². The Labute approximate surface area is 182 Å². The van der Waals surface area contributed by atoms with E-state index in [1.54, 1.807) is 0 Å². The normalized spacial score (nSPS) is 18.6. The topological polar surface area (TPSA) is 0 Å². The van der Waals surface area contributed by atoms with E-state index in [-0.39, 0.29) is 0 Å². The van der Waals surface area contributed by atoms with Crippen molar-refractivity contribution in [3.05, 3.63) is 87.3 Å². The van der Waals surface area contributed by atoms with Crippen LogP contribution in [0.25, 0.3) is 12.2 Å². The van der Waals surface area contributed by atoms with Crippen molar-refractivity contribution in [3.8, 4) is 0 Å². The van der Waals surface area contributed by atoms with Crippen LogP contribution in [0.5, 0.6) is 0 Å². The van der Waals surface area contributed by atoms with E-state index in [0.717, 1.165) is 6.42 Å². The van der Waals surface area contributed by atoms with Gasteiger partial charge < -0.3 is 0 Å². The van der Waals surface area contributed by atoms with Crippen LogP contribution in [0.2, 0.25) is 0 Å². The Hall–Kier alpha value is -0.747. The first-order valence-electron chi connectivity index (χ1n) is 9.39. The molecule has 0 saturated carbocycles. The van der Waals surface area contributed by atoms with Crippen molar-refractivity contribution in [1.82, 2.24) is 0 Å². The number of rotatable bonds is 3. The summed E-state index contributed by atoms with van der Waals surface area (Å²) in [6, 6.07) is 9.16. The van der Waals surface area contributed by atoms with Crippen LogP contribution >= 0.6 is 17.0 Å². The number of halogens is 2. The Morgan fingerprint density at radius 2 is 1.37 bits per heavy atom. The van der Waals surface area contributed by atoms with Crippen LogP contribution in [-0.4, -0.2) is 0 Å². The van der Waals surface area contributed by atoms with Crippen molar-refractivity contribution in [1.29, 1.82) is 0 Å². The van der Waals surface area contributed by atoms with Gasteiger partial charge in [-0.3, -0.25) is 0 Å². The molecular formula is C24H25Cl2Zr-. The van der Waals surface area contributed by atoms with E-state index in [1.165, 1.54) is 44.5 Å². The van der Waals surface area contributed by atoms with Gasteiger partial charge in [0.05, 0.1) is 0 Å². The Kier molecular flexibility index (Phi) is 7.12. The molecule has 4 rings (SSSR count). The molecule has 0 spiro atoms. The van der Waals surface area contributed by atoms with Crippen LogP contribution in [0, 0.1) is 20.3 Å². The molecule has 2 aromatic rings. The van der Waals surface area contributed by atoms with E-state index in [0.29, 0.717) is 11.8 Å². The van der Waals surface area contributed by atoms with Crippen LogP contribution in [0.15, 0.2) is 36.4 Å². The minimum absolute atomic E-state index is 0.524. The number of allylic oxidation sites excluding steroid dienone is 2. The van der Waals surface area contributed by atoms with Crippen LogP contribution in [-0.2, 0) is 27.3 Å². The Balaban J connectivity index is 0.000000659. The Morgan fingerprint density at radius 3 is 2.00 bits per heavy atom. The summed E-state index contributed by atoms with van der Waals surface area (Å²) in [6.07, 6.45) is 12.7. The van der Waals surface area contributed by atoms with Gasteiger partial charge in [0, 0.05) is 5.92 Å². The molecule has 27 heavy (non-hydrogen) atoms. The van der Waals surface area contributed by atoms with Gasteiger partial charge in [-0.1, -0.05) is 73.4 Å². The van der Waals surface area contributed by atoms with Crippen molar-refractivity contribution in [2.75, 3.05) is 0 Å². The molecule has 2 aliphatic rings. The zero-order valence-corrected chi connectivity index (χ0v) is 20.3. The molecule has 140 valence electrons. The summed E-state index contributed by atoms with van der Waals surface area (Å²) >= 11 is -0.826. The maximum absolute atomic E-state index is 4.93. The number of hydrogen-bond donors (Lipinski definition) is 0. The first kappa shape index (κ1) is 21.0. The standard InChI is InChI=1S/C24H25.2ClH.Zr/c1-15-5-9-19(23-17(3)7-13-21(15)23)11-12-20-10-6-16(2)22-14-8-18(4)24(20)22;;;/h5-11,13-14,17-18H,12H2,1-4H3;2*1H;/q-1;;;+2/p-2. The summed E-state index contributed by atoms with van der Waals surface area (Å²) in [5.41, 5.74) is 11.6. The van der Waals surface area contributed by atoms with E-state index in [2.05, 4.69) is 82.7 Å². The minimum atomic E-state index is -0.826. The molecule has 0 nitrogen and oxygen atoms in total. The van der Waals surface area contributed by atoms with Crippen molar-refractivity contribution >= 4 is 29.2 Å². The van der Waals surface area contributed by atoms with Gasteiger partial charge in [0.15, 0.2) is 0 Å². The average Bonchev–Trinajstić information content (AvgIpc) is 3.22.